The molecule has 0 heterocycles. The largest absolute Gasteiger partial charge is 0.511 e. The van der Waals surface area contributed by atoms with Gasteiger partial charge in [-0.25, -0.2) is 4.79 Å². The van der Waals surface area contributed by atoms with Gasteiger partial charge in [0.2, 0.25) is 0 Å². The predicted molar refractivity (Wildman–Crippen MR) is 86.8 cm³/mol. The number of aliphatic hydroxyl groups excluding tert-OH is 1. The van der Waals surface area contributed by atoms with Gasteiger partial charge in [0.15, 0.2) is 11.6 Å². The van der Waals surface area contributed by atoms with Crippen molar-refractivity contribution in [3.63, 3.8) is 0 Å². The number of methoxy groups -OCH3 is 1. The lowest BCUT2D eigenvalue weighted by Gasteiger charge is -2.24. The molecule has 0 spiro atoms. The molecular weight excluding hydrogens is 308 g/mol. The number of ketones is 2. The van der Waals surface area contributed by atoms with Crippen LogP contribution in [0, 0.1) is 5.92 Å². The summed E-state index contributed by atoms with van der Waals surface area (Å²) in [6, 6.07) is 6.80. The summed E-state index contributed by atoms with van der Waals surface area (Å²) in [5.74, 6) is -1.44. The van der Waals surface area contributed by atoms with Crippen LogP contribution in [0.1, 0.15) is 46.4 Å². The van der Waals surface area contributed by atoms with Gasteiger partial charge in [-0.1, -0.05) is 29.8 Å². The molecule has 0 fully saturated rings. The lowest BCUT2D eigenvalue weighted by molar-refractivity contribution is -0.135. The molecule has 0 aromatic heterocycles. The second kappa shape index (κ2) is 6.43. The van der Waals surface area contributed by atoms with Gasteiger partial charge in [0, 0.05) is 24.0 Å². The Morgan fingerprint density at radius 2 is 1.88 bits per heavy atom. The number of fused-ring (bicyclic) bond motifs is 1. The van der Waals surface area contributed by atoms with Crippen molar-refractivity contribution in [1.29, 1.82) is 0 Å². The Kier molecular flexibility index (Phi) is 4.34. The van der Waals surface area contributed by atoms with Crippen LogP contribution < -0.4 is 0 Å². The first-order valence-electron chi connectivity index (χ1n) is 7.90. The molecule has 1 unspecified atom stereocenters. The third-order valence-electron chi connectivity index (χ3n) is 4.57. The molecule has 3 rings (SSSR count). The van der Waals surface area contributed by atoms with E-state index in [1.807, 2.05) is 0 Å². The molecule has 5 nitrogen and oxygen atoms in total. The number of aliphatic hydroxyl groups is 1. The molecule has 1 aromatic rings. The van der Waals surface area contributed by atoms with E-state index in [1.54, 1.807) is 24.3 Å². The zero-order chi connectivity index (χ0) is 17.3. The van der Waals surface area contributed by atoms with Gasteiger partial charge in [-0.15, -0.1) is 0 Å². The van der Waals surface area contributed by atoms with E-state index in [1.165, 1.54) is 13.2 Å². The van der Waals surface area contributed by atoms with E-state index in [9.17, 15) is 19.5 Å². The van der Waals surface area contributed by atoms with E-state index in [4.69, 9.17) is 4.74 Å². The molecule has 1 aromatic carbocycles. The van der Waals surface area contributed by atoms with Crippen molar-refractivity contribution in [1.82, 2.24) is 0 Å². The van der Waals surface area contributed by atoms with Crippen LogP contribution in [0.25, 0.3) is 0 Å². The van der Waals surface area contributed by atoms with Crippen molar-refractivity contribution >= 4 is 17.5 Å². The second-order valence-electron chi connectivity index (χ2n) is 6.01. The SMILES string of the molecule is COC(=O)C1=C(O)CCCC(C2CC(=O)c3ccccc3C2=O)=C1. The molecule has 124 valence electrons. The summed E-state index contributed by atoms with van der Waals surface area (Å²) in [5.41, 5.74) is 1.66. The van der Waals surface area contributed by atoms with Crippen LogP contribution in [0.3, 0.4) is 0 Å². The van der Waals surface area contributed by atoms with Crippen molar-refractivity contribution in [3.8, 4) is 0 Å². The molecule has 0 amide bonds. The maximum absolute atomic E-state index is 12.8. The van der Waals surface area contributed by atoms with Gasteiger partial charge >= 0.3 is 5.97 Å². The van der Waals surface area contributed by atoms with Gasteiger partial charge in [0.05, 0.1) is 18.6 Å². The zero-order valence-corrected chi connectivity index (χ0v) is 13.4. The number of esters is 1. The van der Waals surface area contributed by atoms with Crippen LogP contribution in [-0.2, 0) is 9.53 Å². The maximum atomic E-state index is 12.8. The summed E-state index contributed by atoms with van der Waals surface area (Å²) >= 11 is 0. The van der Waals surface area contributed by atoms with E-state index < -0.39 is 11.9 Å². The molecule has 5 heteroatoms. The second-order valence-corrected chi connectivity index (χ2v) is 6.01. The smallest absolute Gasteiger partial charge is 0.341 e. The summed E-state index contributed by atoms with van der Waals surface area (Å²) in [4.78, 5) is 37.1. The van der Waals surface area contributed by atoms with E-state index in [0.29, 0.717) is 36.0 Å². The number of rotatable bonds is 2. The Balaban J connectivity index is 2.01. The van der Waals surface area contributed by atoms with Crippen LogP contribution >= 0.6 is 0 Å². The molecular formula is C19H18O5. The summed E-state index contributed by atoms with van der Waals surface area (Å²) in [6.07, 6.45) is 3.12. The van der Waals surface area contributed by atoms with Crippen molar-refractivity contribution in [2.75, 3.05) is 7.11 Å². The Hall–Kier alpha value is -2.69. The lowest BCUT2D eigenvalue weighted by atomic mass is 9.77. The highest BCUT2D eigenvalue weighted by Crippen LogP contribution is 2.35. The fourth-order valence-electron chi connectivity index (χ4n) is 3.31. The monoisotopic (exact) mass is 326 g/mol. The van der Waals surface area contributed by atoms with E-state index in [-0.39, 0.29) is 29.3 Å². The fraction of sp³-hybridized carbons (Fsp3) is 0.316. The van der Waals surface area contributed by atoms with Crippen LogP contribution in [0.4, 0.5) is 0 Å². The third-order valence-corrected chi connectivity index (χ3v) is 4.57. The summed E-state index contributed by atoms with van der Waals surface area (Å²) in [6.45, 7) is 0. The summed E-state index contributed by atoms with van der Waals surface area (Å²) < 4.78 is 4.70. The number of ether oxygens (including phenoxy) is 1. The van der Waals surface area contributed by atoms with Gasteiger partial charge in [0.1, 0.15) is 5.76 Å². The first-order valence-corrected chi connectivity index (χ1v) is 7.90. The third kappa shape index (κ3) is 2.77. The Morgan fingerprint density at radius 3 is 2.58 bits per heavy atom. The number of benzene rings is 1. The highest BCUT2D eigenvalue weighted by atomic mass is 16.5. The van der Waals surface area contributed by atoms with Crippen molar-refractivity contribution < 1.29 is 24.2 Å². The number of carbonyl (C=O) groups is 3. The first-order chi connectivity index (χ1) is 11.5. The minimum Gasteiger partial charge on any atom is -0.511 e. The molecule has 2 aliphatic rings. The maximum Gasteiger partial charge on any atom is 0.341 e. The van der Waals surface area contributed by atoms with Crippen LogP contribution in [-0.4, -0.2) is 29.8 Å². The Morgan fingerprint density at radius 1 is 1.17 bits per heavy atom. The van der Waals surface area contributed by atoms with E-state index in [0.717, 1.165) is 0 Å². The predicted octanol–water partition coefficient (Wildman–Crippen LogP) is 3.17. The zero-order valence-electron chi connectivity index (χ0n) is 13.4. The standard InChI is InChI=1S/C19H18O5/c1-24-19(23)15-9-11(5-4-8-16(15)20)14-10-17(21)12-6-2-3-7-13(12)18(14)22/h2-3,6-7,9,14,20H,4-5,8,10H2,1H3. The first kappa shape index (κ1) is 16.2. The fourth-order valence-corrected chi connectivity index (χ4v) is 3.31. The molecule has 2 aliphatic carbocycles. The minimum absolute atomic E-state index is 0.0353. The quantitative estimate of drug-likeness (QED) is 0.844. The van der Waals surface area contributed by atoms with Crippen molar-refractivity contribution in [3.05, 3.63) is 58.4 Å². The average Bonchev–Trinajstić information content (AvgIpc) is 2.79. The van der Waals surface area contributed by atoms with Gasteiger partial charge in [-0.2, -0.15) is 0 Å². The number of allylic oxidation sites excluding steroid dienone is 2. The van der Waals surface area contributed by atoms with Crippen molar-refractivity contribution in [2.45, 2.75) is 25.7 Å². The molecule has 0 bridgehead atoms. The molecule has 1 atom stereocenters. The van der Waals surface area contributed by atoms with Gasteiger partial charge in [0.25, 0.3) is 0 Å². The number of hydrogen-bond acceptors (Lipinski definition) is 5. The Bertz CT molecular complexity index is 785. The minimum atomic E-state index is -0.637. The molecule has 0 radical (unpaired) electrons. The number of hydrogen-bond donors (Lipinski definition) is 1. The van der Waals surface area contributed by atoms with Gasteiger partial charge < -0.3 is 9.84 Å². The van der Waals surface area contributed by atoms with E-state index in [2.05, 4.69) is 0 Å². The van der Waals surface area contributed by atoms with Crippen LogP contribution in [0.5, 0.6) is 0 Å². The lowest BCUT2D eigenvalue weighted by Crippen LogP contribution is -2.28. The van der Waals surface area contributed by atoms with Crippen molar-refractivity contribution in [2.24, 2.45) is 5.92 Å². The molecule has 0 aliphatic heterocycles. The molecule has 24 heavy (non-hydrogen) atoms. The van der Waals surface area contributed by atoms with Gasteiger partial charge in [-0.05, 0) is 18.9 Å². The molecule has 0 saturated heterocycles. The number of carbonyl (C=O) groups excluding carboxylic acids is 3. The number of Topliss-reactive ketones (excluding diaryl/α,β-unsaturated/α-hetero) is 2. The van der Waals surface area contributed by atoms with E-state index >= 15 is 0 Å². The van der Waals surface area contributed by atoms with Crippen LogP contribution in [0.2, 0.25) is 0 Å². The molecule has 0 saturated carbocycles. The highest BCUT2D eigenvalue weighted by Gasteiger charge is 2.35. The van der Waals surface area contributed by atoms with Crippen LogP contribution in [0.15, 0.2) is 47.2 Å². The summed E-state index contributed by atoms with van der Waals surface area (Å²) in [5, 5.41) is 10.0. The highest BCUT2D eigenvalue weighted by molar-refractivity contribution is 6.15. The Labute approximate surface area is 139 Å². The average molecular weight is 326 g/mol. The molecule has 1 N–H and O–H groups in total. The normalized spacial score (nSPS) is 21.0. The topological polar surface area (TPSA) is 80.7 Å². The van der Waals surface area contributed by atoms with Gasteiger partial charge in [-0.3, -0.25) is 9.59 Å². The summed E-state index contributed by atoms with van der Waals surface area (Å²) in [7, 11) is 1.24.